The number of hydrogen-bond donors (Lipinski definition) is 2. The highest BCUT2D eigenvalue weighted by molar-refractivity contribution is 6.31. The van der Waals surface area contributed by atoms with Crippen molar-refractivity contribution in [1.29, 1.82) is 0 Å². The lowest BCUT2D eigenvalue weighted by atomic mass is 10.1. The van der Waals surface area contributed by atoms with E-state index in [1.54, 1.807) is 13.1 Å². The van der Waals surface area contributed by atoms with E-state index in [0.29, 0.717) is 17.9 Å². The Morgan fingerprint density at radius 3 is 2.73 bits per heavy atom. The monoisotopic (exact) mass is 231 g/mol. The SMILES string of the molecule is CC/C=C(Cl)\C=C/CC[C@H](NC)C(=O)O. The van der Waals surface area contributed by atoms with Crippen LogP contribution >= 0.6 is 11.6 Å². The number of allylic oxidation sites excluding steroid dienone is 4. The molecule has 0 spiro atoms. The number of carbonyl (C=O) groups is 1. The van der Waals surface area contributed by atoms with Crippen LogP contribution in [0.2, 0.25) is 0 Å². The number of carboxylic acid groups (broad SMARTS) is 1. The molecule has 0 aliphatic rings. The van der Waals surface area contributed by atoms with E-state index in [-0.39, 0.29) is 0 Å². The van der Waals surface area contributed by atoms with Crippen LogP contribution in [0, 0.1) is 0 Å². The number of aliphatic carboxylic acids is 1. The molecular formula is C11H18ClNO2. The van der Waals surface area contributed by atoms with Gasteiger partial charge in [-0.15, -0.1) is 0 Å². The van der Waals surface area contributed by atoms with Crippen LogP contribution in [0.3, 0.4) is 0 Å². The van der Waals surface area contributed by atoms with Crippen LogP contribution in [0.15, 0.2) is 23.3 Å². The molecule has 0 bridgehead atoms. The lowest BCUT2D eigenvalue weighted by molar-refractivity contribution is -0.139. The molecule has 0 aromatic rings. The predicted molar refractivity (Wildman–Crippen MR) is 63.1 cm³/mol. The molecule has 2 N–H and O–H groups in total. The predicted octanol–water partition coefficient (Wildman–Crippen LogP) is 2.53. The number of carboxylic acids is 1. The van der Waals surface area contributed by atoms with Gasteiger partial charge in [0.2, 0.25) is 0 Å². The summed E-state index contributed by atoms with van der Waals surface area (Å²) in [6, 6.07) is -0.483. The van der Waals surface area contributed by atoms with Gasteiger partial charge >= 0.3 is 5.97 Å². The summed E-state index contributed by atoms with van der Waals surface area (Å²) in [6.07, 6.45) is 7.77. The van der Waals surface area contributed by atoms with Crippen LogP contribution in [0.1, 0.15) is 26.2 Å². The van der Waals surface area contributed by atoms with Gasteiger partial charge in [0.25, 0.3) is 0 Å². The lowest BCUT2D eigenvalue weighted by Gasteiger charge is -2.08. The molecule has 0 aliphatic carbocycles. The smallest absolute Gasteiger partial charge is 0.320 e. The van der Waals surface area contributed by atoms with Crippen molar-refractivity contribution in [2.75, 3.05) is 7.05 Å². The third kappa shape index (κ3) is 7.17. The van der Waals surface area contributed by atoms with E-state index in [1.165, 1.54) is 0 Å². The van der Waals surface area contributed by atoms with Crippen molar-refractivity contribution in [3.05, 3.63) is 23.3 Å². The number of nitrogens with one attached hydrogen (secondary N) is 1. The van der Waals surface area contributed by atoms with Gasteiger partial charge in [0, 0.05) is 5.03 Å². The molecule has 15 heavy (non-hydrogen) atoms. The Kier molecular flexibility index (Phi) is 8.05. The van der Waals surface area contributed by atoms with Crippen molar-refractivity contribution in [1.82, 2.24) is 5.32 Å². The minimum Gasteiger partial charge on any atom is -0.480 e. The normalized spacial score (nSPS) is 14.5. The first-order valence-corrected chi connectivity index (χ1v) is 5.41. The second-order valence-corrected chi connectivity index (χ2v) is 3.59. The molecular weight excluding hydrogens is 214 g/mol. The zero-order valence-electron chi connectivity index (χ0n) is 9.16. The van der Waals surface area contributed by atoms with Gasteiger partial charge in [-0.1, -0.05) is 30.7 Å². The first-order chi connectivity index (χ1) is 7.11. The van der Waals surface area contributed by atoms with E-state index >= 15 is 0 Å². The minimum absolute atomic E-state index is 0.483. The zero-order chi connectivity index (χ0) is 11.7. The van der Waals surface area contributed by atoms with Crippen LogP contribution in [-0.2, 0) is 4.79 Å². The topological polar surface area (TPSA) is 49.3 Å². The number of likely N-dealkylation sites (N-methyl/N-ethyl adjacent to an activating group) is 1. The fourth-order valence-corrected chi connectivity index (χ4v) is 1.36. The number of hydrogen-bond acceptors (Lipinski definition) is 2. The van der Waals surface area contributed by atoms with Crippen LogP contribution in [0.5, 0.6) is 0 Å². The van der Waals surface area contributed by atoms with Crippen LogP contribution in [-0.4, -0.2) is 24.2 Å². The van der Waals surface area contributed by atoms with Crippen molar-refractivity contribution in [3.63, 3.8) is 0 Å². The molecule has 0 amide bonds. The fraction of sp³-hybridized carbons (Fsp3) is 0.545. The fourth-order valence-electron chi connectivity index (χ4n) is 1.11. The largest absolute Gasteiger partial charge is 0.480 e. The van der Waals surface area contributed by atoms with Crippen molar-refractivity contribution >= 4 is 17.6 Å². The quantitative estimate of drug-likeness (QED) is 0.662. The molecule has 3 nitrogen and oxygen atoms in total. The molecule has 86 valence electrons. The van der Waals surface area contributed by atoms with Gasteiger partial charge in [0.15, 0.2) is 0 Å². The minimum atomic E-state index is -0.818. The molecule has 0 unspecified atom stereocenters. The van der Waals surface area contributed by atoms with Crippen LogP contribution in [0.25, 0.3) is 0 Å². The third-order valence-electron chi connectivity index (χ3n) is 1.94. The number of rotatable bonds is 7. The second kappa shape index (κ2) is 8.50. The van der Waals surface area contributed by atoms with Crippen LogP contribution < -0.4 is 5.32 Å². The molecule has 0 saturated heterocycles. The highest BCUT2D eigenvalue weighted by Crippen LogP contribution is 2.06. The molecule has 0 aromatic heterocycles. The highest BCUT2D eigenvalue weighted by atomic mass is 35.5. The third-order valence-corrected chi connectivity index (χ3v) is 2.23. The average molecular weight is 232 g/mol. The van der Waals surface area contributed by atoms with E-state index < -0.39 is 12.0 Å². The summed E-state index contributed by atoms with van der Waals surface area (Å²) in [7, 11) is 1.65. The van der Waals surface area contributed by atoms with Gasteiger partial charge in [-0.25, -0.2) is 0 Å². The first-order valence-electron chi connectivity index (χ1n) is 5.04. The summed E-state index contributed by atoms with van der Waals surface area (Å²) in [5.41, 5.74) is 0. The standard InChI is InChI=1S/C11H18ClNO2/c1-3-6-9(12)7-4-5-8-10(13-2)11(14)15/h4,6-7,10,13H,3,5,8H2,1-2H3,(H,14,15)/b7-4-,9-6+/t10-/m0/s1. The van der Waals surface area contributed by atoms with E-state index in [4.69, 9.17) is 16.7 Å². The Balaban J connectivity index is 3.87. The van der Waals surface area contributed by atoms with E-state index in [9.17, 15) is 4.79 Å². The molecule has 0 heterocycles. The molecule has 0 radical (unpaired) electrons. The lowest BCUT2D eigenvalue weighted by Crippen LogP contribution is -2.33. The maximum atomic E-state index is 10.6. The summed E-state index contributed by atoms with van der Waals surface area (Å²) in [4.78, 5) is 10.6. The van der Waals surface area contributed by atoms with Crippen molar-refractivity contribution in [2.45, 2.75) is 32.2 Å². The van der Waals surface area contributed by atoms with Crippen molar-refractivity contribution in [3.8, 4) is 0 Å². The summed E-state index contributed by atoms with van der Waals surface area (Å²) in [5.74, 6) is -0.818. The van der Waals surface area contributed by atoms with Gasteiger partial charge in [0.05, 0.1) is 0 Å². The van der Waals surface area contributed by atoms with Crippen LogP contribution in [0.4, 0.5) is 0 Å². The first kappa shape index (κ1) is 14.2. The summed E-state index contributed by atoms with van der Waals surface area (Å²) in [5, 5.41) is 12.2. The van der Waals surface area contributed by atoms with Gasteiger partial charge in [-0.05, 0) is 32.4 Å². The maximum Gasteiger partial charge on any atom is 0.320 e. The van der Waals surface area contributed by atoms with Gasteiger partial charge in [0.1, 0.15) is 6.04 Å². The Hall–Kier alpha value is -0.800. The Labute approximate surface area is 95.8 Å². The molecule has 0 fully saturated rings. The maximum absolute atomic E-state index is 10.6. The molecule has 0 aromatic carbocycles. The summed E-state index contributed by atoms with van der Waals surface area (Å²) >= 11 is 5.84. The highest BCUT2D eigenvalue weighted by Gasteiger charge is 2.12. The van der Waals surface area contributed by atoms with Crippen molar-refractivity contribution in [2.24, 2.45) is 0 Å². The Morgan fingerprint density at radius 1 is 1.60 bits per heavy atom. The van der Waals surface area contributed by atoms with Gasteiger partial charge in [-0.3, -0.25) is 4.79 Å². The van der Waals surface area contributed by atoms with Crippen molar-refractivity contribution < 1.29 is 9.90 Å². The van der Waals surface area contributed by atoms with Gasteiger partial charge in [-0.2, -0.15) is 0 Å². The Morgan fingerprint density at radius 2 is 2.27 bits per heavy atom. The summed E-state index contributed by atoms with van der Waals surface area (Å²) in [6.45, 7) is 2.01. The van der Waals surface area contributed by atoms with Gasteiger partial charge < -0.3 is 10.4 Å². The van der Waals surface area contributed by atoms with E-state index in [1.807, 2.05) is 19.1 Å². The molecule has 0 rings (SSSR count). The summed E-state index contributed by atoms with van der Waals surface area (Å²) < 4.78 is 0. The zero-order valence-corrected chi connectivity index (χ0v) is 9.92. The molecule has 1 atom stereocenters. The number of halogens is 1. The van der Waals surface area contributed by atoms with E-state index in [2.05, 4.69) is 5.32 Å². The molecule has 0 saturated carbocycles. The molecule has 0 aliphatic heterocycles. The second-order valence-electron chi connectivity index (χ2n) is 3.16. The average Bonchev–Trinajstić information content (AvgIpc) is 2.17. The van der Waals surface area contributed by atoms with E-state index in [0.717, 1.165) is 6.42 Å². The Bertz CT molecular complexity index is 249. The molecule has 4 heteroatoms.